The van der Waals surface area contributed by atoms with E-state index in [1.807, 2.05) is 0 Å². The zero-order valence-corrected chi connectivity index (χ0v) is 12.6. The molecule has 104 valence electrons. The lowest BCUT2D eigenvalue weighted by molar-refractivity contribution is 0.254. The van der Waals surface area contributed by atoms with E-state index in [9.17, 15) is 4.79 Å². The molecule has 4 heteroatoms. The van der Waals surface area contributed by atoms with Gasteiger partial charge in [0.25, 0.3) is 5.56 Å². The van der Waals surface area contributed by atoms with Crippen LogP contribution in [0.4, 0.5) is 0 Å². The quantitative estimate of drug-likeness (QED) is 0.901. The van der Waals surface area contributed by atoms with Gasteiger partial charge in [-0.25, -0.2) is 4.98 Å². The van der Waals surface area contributed by atoms with Crippen molar-refractivity contribution in [2.24, 2.45) is 11.8 Å². The first-order chi connectivity index (χ1) is 9.15. The normalized spacial score (nSPS) is 26.7. The summed E-state index contributed by atoms with van der Waals surface area (Å²) in [6.45, 7) is 4.63. The second-order valence-electron chi connectivity index (χ2n) is 6.22. The molecule has 2 aliphatic rings. The monoisotopic (exact) mass is 278 g/mol. The fourth-order valence-corrected chi connectivity index (χ4v) is 4.37. The third kappa shape index (κ3) is 2.60. The number of rotatable bonds is 2. The van der Waals surface area contributed by atoms with Crippen molar-refractivity contribution in [1.82, 2.24) is 9.97 Å². The van der Waals surface area contributed by atoms with E-state index in [0.29, 0.717) is 5.92 Å². The zero-order valence-electron chi connectivity index (χ0n) is 11.7. The van der Waals surface area contributed by atoms with Gasteiger partial charge in [0, 0.05) is 23.0 Å². The number of H-pyrrole nitrogens is 1. The molecule has 2 heterocycles. The van der Waals surface area contributed by atoms with E-state index in [1.54, 1.807) is 11.8 Å². The Bertz CT molecular complexity index is 515. The maximum Gasteiger partial charge on any atom is 0.255 e. The molecular formula is C15H22N2OS. The number of hydrogen-bond donors (Lipinski definition) is 1. The number of fused-ring (bicyclic) bond motifs is 1. The lowest BCUT2D eigenvalue weighted by Gasteiger charge is -2.30. The largest absolute Gasteiger partial charge is 0.310 e. The van der Waals surface area contributed by atoms with Crippen molar-refractivity contribution in [3.05, 3.63) is 27.4 Å². The summed E-state index contributed by atoms with van der Waals surface area (Å²) in [5.74, 6) is 4.80. The molecule has 0 saturated heterocycles. The standard InChI is InChI=1S/C15H22N2OS/c1-9(2)10-3-5-11(6-4-10)14-16-13-8-19-7-12(13)15(18)17-14/h9-11H,3-8H2,1-2H3,(H,16,17,18). The summed E-state index contributed by atoms with van der Waals surface area (Å²) >= 11 is 1.79. The van der Waals surface area contributed by atoms with E-state index in [2.05, 4.69) is 18.8 Å². The number of hydrogen-bond acceptors (Lipinski definition) is 3. The highest BCUT2D eigenvalue weighted by Gasteiger charge is 2.27. The minimum atomic E-state index is 0.107. The summed E-state index contributed by atoms with van der Waals surface area (Å²) in [5, 5.41) is 0. The summed E-state index contributed by atoms with van der Waals surface area (Å²) in [6.07, 6.45) is 4.91. The van der Waals surface area contributed by atoms with Crippen molar-refractivity contribution < 1.29 is 0 Å². The van der Waals surface area contributed by atoms with Gasteiger partial charge in [-0.1, -0.05) is 13.8 Å². The van der Waals surface area contributed by atoms with E-state index < -0.39 is 0 Å². The predicted molar refractivity (Wildman–Crippen MR) is 79.4 cm³/mol. The van der Waals surface area contributed by atoms with Crippen molar-refractivity contribution in [3.63, 3.8) is 0 Å². The molecule has 0 amide bonds. The van der Waals surface area contributed by atoms with Crippen LogP contribution < -0.4 is 5.56 Å². The van der Waals surface area contributed by atoms with Crippen LogP contribution in [0.5, 0.6) is 0 Å². The van der Waals surface area contributed by atoms with E-state index >= 15 is 0 Å². The molecule has 0 spiro atoms. The molecule has 0 unspecified atom stereocenters. The van der Waals surface area contributed by atoms with Gasteiger partial charge in [0.15, 0.2) is 0 Å². The Balaban J connectivity index is 1.77. The molecular weight excluding hydrogens is 256 g/mol. The first kappa shape index (κ1) is 13.2. The van der Waals surface area contributed by atoms with Crippen LogP contribution in [0.1, 0.15) is 62.5 Å². The molecule has 1 fully saturated rings. The molecule has 3 nitrogen and oxygen atoms in total. The molecule has 1 aliphatic heterocycles. The van der Waals surface area contributed by atoms with Crippen LogP contribution in [0.3, 0.4) is 0 Å². The zero-order chi connectivity index (χ0) is 13.4. The van der Waals surface area contributed by atoms with Gasteiger partial charge in [-0.15, -0.1) is 0 Å². The van der Waals surface area contributed by atoms with Crippen LogP contribution in [-0.2, 0) is 11.5 Å². The number of aromatic amines is 1. The van der Waals surface area contributed by atoms with Gasteiger partial charge in [-0.2, -0.15) is 11.8 Å². The van der Waals surface area contributed by atoms with E-state index in [0.717, 1.165) is 40.4 Å². The number of aromatic nitrogens is 2. The molecule has 0 bridgehead atoms. The summed E-state index contributed by atoms with van der Waals surface area (Å²) in [7, 11) is 0. The van der Waals surface area contributed by atoms with Gasteiger partial charge < -0.3 is 4.98 Å². The molecule has 0 aromatic carbocycles. The Morgan fingerprint density at radius 2 is 1.95 bits per heavy atom. The fourth-order valence-electron chi connectivity index (χ4n) is 3.33. The van der Waals surface area contributed by atoms with Crippen LogP contribution in [0.25, 0.3) is 0 Å². The highest BCUT2D eigenvalue weighted by atomic mass is 32.2. The predicted octanol–water partition coefficient (Wildman–Crippen LogP) is 3.45. The van der Waals surface area contributed by atoms with Gasteiger partial charge in [0.05, 0.1) is 5.69 Å². The second kappa shape index (κ2) is 5.31. The molecule has 1 aromatic heterocycles. The molecule has 1 N–H and O–H groups in total. The third-order valence-electron chi connectivity index (χ3n) is 4.71. The van der Waals surface area contributed by atoms with Gasteiger partial charge in [-0.05, 0) is 37.5 Å². The minimum absolute atomic E-state index is 0.107. The Kier molecular flexibility index (Phi) is 3.70. The van der Waals surface area contributed by atoms with Crippen LogP contribution >= 0.6 is 11.8 Å². The number of nitrogens with zero attached hydrogens (tertiary/aromatic N) is 1. The minimum Gasteiger partial charge on any atom is -0.310 e. The molecule has 3 rings (SSSR count). The van der Waals surface area contributed by atoms with Gasteiger partial charge in [-0.3, -0.25) is 4.79 Å². The van der Waals surface area contributed by atoms with Crippen LogP contribution in [-0.4, -0.2) is 9.97 Å². The molecule has 0 atom stereocenters. The topological polar surface area (TPSA) is 45.8 Å². The van der Waals surface area contributed by atoms with Crippen molar-refractivity contribution in [2.75, 3.05) is 0 Å². The van der Waals surface area contributed by atoms with Crippen LogP contribution in [0.2, 0.25) is 0 Å². The number of thioether (sulfide) groups is 1. The van der Waals surface area contributed by atoms with Crippen LogP contribution in [0, 0.1) is 11.8 Å². The Morgan fingerprint density at radius 1 is 1.21 bits per heavy atom. The van der Waals surface area contributed by atoms with E-state index in [1.165, 1.54) is 25.7 Å². The molecule has 19 heavy (non-hydrogen) atoms. The first-order valence-corrected chi connectivity index (χ1v) is 8.50. The average Bonchev–Trinajstić information content (AvgIpc) is 2.87. The highest BCUT2D eigenvalue weighted by Crippen LogP contribution is 2.37. The summed E-state index contributed by atoms with van der Waals surface area (Å²) in [5.41, 5.74) is 2.05. The smallest absolute Gasteiger partial charge is 0.255 e. The molecule has 1 saturated carbocycles. The summed E-state index contributed by atoms with van der Waals surface area (Å²) < 4.78 is 0. The SMILES string of the molecule is CC(C)C1CCC(c2nc3c(c(=O)[nH]2)CSC3)CC1. The van der Waals surface area contributed by atoms with Crippen molar-refractivity contribution in [1.29, 1.82) is 0 Å². The van der Waals surface area contributed by atoms with Crippen molar-refractivity contribution in [3.8, 4) is 0 Å². The Labute approximate surface area is 118 Å². The second-order valence-corrected chi connectivity index (χ2v) is 7.21. The van der Waals surface area contributed by atoms with Gasteiger partial charge >= 0.3 is 0 Å². The molecule has 1 aliphatic carbocycles. The first-order valence-electron chi connectivity index (χ1n) is 7.35. The van der Waals surface area contributed by atoms with Gasteiger partial charge in [0.2, 0.25) is 0 Å². The summed E-state index contributed by atoms with van der Waals surface area (Å²) in [6, 6.07) is 0. The van der Waals surface area contributed by atoms with E-state index in [-0.39, 0.29) is 5.56 Å². The van der Waals surface area contributed by atoms with Crippen LogP contribution in [0.15, 0.2) is 4.79 Å². The lowest BCUT2D eigenvalue weighted by Crippen LogP contribution is -2.23. The summed E-state index contributed by atoms with van der Waals surface area (Å²) in [4.78, 5) is 19.8. The maximum absolute atomic E-state index is 12.0. The fraction of sp³-hybridized carbons (Fsp3) is 0.733. The third-order valence-corrected chi connectivity index (χ3v) is 5.68. The average molecular weight is 278 g/mol. The van der Waals surface area contributed by atoms with Crippen molar-refractivity contribution in [2.45, 2.75) is 57.0 Å². The molecule has 1 aromatic rings. The highest BCUT2D eigenvalue weighted by molar-refractivity contribution is 7.98. The van der Waals surface area contributed by atoms with Crippen molar-refractivity contribution >= 4 is 11.8 Å². The Hall–Kier alpha value is -0.770. The Morgan fingerprint density at radius 3 is 2.63 bits per heavy atom. The maximum atomic E-state index is 12.0. The molecule has 0 radical (unpaired) electrons. The number of nitrogens with one attached hydrogen (secondary N) is 1. The lowest BCUT2D eigenvalue weighted by atomic mass is 9.76. The van der Waals surface area contributed by atoms with E-state index in [4.69, 9.17) is 4.98 Å². The van der Waals surface area contributed by atoms with Gasteiger partial charge in [0.1, 0.15) is 5.82 Å².